The third-order valence-corrected chi connectivity index (χ3v) is 6.12. The van der Waals surface area contributed by atoms with E-state index in [-0.39, 0.29) is 25.0 Å². The van der Waals surface area contributed by atoms with Gasteiger partial charge in [-0.25, -0.2) is 4.39 Å². The summed E-state index contributed by atoms with van der Waals surface area (Å²) < 4.78 is 29.6. The zero-order valence-electron chi connectivity index (χ0n) is 19.8. The van der Waals surface area contributed by atoms with Gasteiger partial charge in [-0.15, -0.1) is 0 Å². The van der Waals surface area contributed by atoms with Gasteiger partial charge in [0.1, 0.15) is 5.82 Å². The van der Waals surface area contributed by atoms with Crippen molar-refractivity contribution in [2.24, 2.45) is 0 Å². The third kappa shape index (κ3) is 4.83. The zero-order chi connectivity index (χ0) is 24.9. The second kappa shape index (κ2) is 10.6. The molecule has 0 bridgehead atoms. The van der Waals surface area contributed by atoms with Crippen molar-refractivity contribution < 1.29 is 28.2 Å². The maximum absolute atomic E-state index is 13.8. The molecule has 182 valence electrons. The summed E-state index contributed by atoms with van der Waals surface area (Å²) in [5, 5.41) is 2.96. The summed E-state index contributed by atoms with van der Waals surface area (Å²) in [7, 11) is 4.61. The fourth-order valence-corrected chi connectivity index (χ4v) is 4.48. The summed E-state index contributed by atoms with van der Waals surface area (Å²) in [4.78, 5) is 28.9. The highest BCUT2D eigenvalue weighted by molar-refractivity contribution is 6.04. The lowest BCUT2D eigenvalue weighted by Gasteiger charge is -2.41. The lowest BCUT2D eigenvalue weighted by molar-refractivity contribution is -0.119. The molecule has 8 heteroatoms. The lowest BCUT2D eigenvalue weighted by atomic mass is 9.79. The molecule has 1 heterocycles. The Labute approximate surface area is 203 Å². The Morgan fingerprint density at radius 2 is 1.69 bits per heavy atom. The number of amides is 2. The fourth-order valence-electron chi connectivity index (χ4n) is 4.48. The number of hydrogen-bond acceptors (Lipinski definition) is 5. The van der Waals surface area contributed by atoms with Crippen LogP contribution in [0.25, 0.3) is 0 Å². The van der Waals surface area contributed by atoms with Gasteiger partial charge < -0.3 is 24.4 Å². The number of carbonyl (C=O) groups excluding carboxylic acids is 2. The van der Waals surface area contributed by atoms with Crippen LogP contribution in [0.3, 0.4) is 0 Å². The van der Waals surface area contributed by atoms with E-state index in [4.69, 9.17) is 14.2 Å². The van der Waals surface area contributed by atoms with Crippen molar-refractivity contribution in [3.05, 3.63) is 89.2 Å². The summed E-state index contributed by atoms with van der Waals surface area (Å²) in [6.07, 6.45) is 0. The summed E-state index contributed by atoms with van der Waals surface area (Å²) >= 11 is 0. The van der Waals surface area contributed by atoms with Crippen molar-refractivity contribution >= 4 is 17.5 Å². The summed E-state index contributed by atoms with van der Waals surface area (Å²) in [5.74, 6) is -0.656. The molecular formula is C27H27FN2O5. The van der Waals surface area contributed by atoms with Crippen LogP contribution in [0, 0.1) is 5.82 Å². The largest absolute Gasteiger partial charge is 0.493 e. The SMILES string of the molecule is COCCN1C(=O)c2ccccc2[C@@H](C(=O)Nc2ccc(OC)c(OC)c2)[C@H]1c1ccc(F)cc1. The molecule has 0 radical (unpaired) electrons. The first-order chi connectivity index (χ1) is 17.0. The number of nitrogens with zero attached hydrogens (tertiary/aromatic N) is 1. The van der Waals surface area contributed by atoms with Crippen LogP contribution in [0.1, 0.15) is 33.4 Å². The lowest BCUT2D eigenvalue weighted by Crippen LogP contribution is -2.47. The number of hydrogen-bond donors (Lipinski definition) is 1. The number of halogens is 1. The zero-order valence-corrected chi connectivity index (χ0v) is 19.8. The van der Waals surface area contributed by atoms with Gasteiger partial charge in [-0.05, 0) is 41.5 Å². The first-order valence-electron chi connectivity index (χ1n) is 11.2. The minimum Gasteiger partial charge on any atom is -0.493 e. The van der Waals surface area contributed by atoms with Crippen LogP contribution < -0.4 is 14.8 Å². The Bertz CT molecular complexity index is 1210. The number of benzene rings is 3. The number of nitrogens with one attached hydrogen (secondary N) is 1. The van der Waals surface area contributed by atoms with Gasteiger partial charge in [0.05, 0.1) is 32.8 Å². The maximum atomic E-state index is 13.8. The molecule has 0 aromatic heterocycles. The quantitative estimate of drug-likeness (QED) is 0.519. The molecule has 4 rings (SSSR count). The molecule has 1 aliphatic rings. The summed E-state index contributed by atoms with van der Waals surface area (Å²) in [6, 6.07) is 17.4. The van der Waals surface area contributed by atoms with E-state index in [1.807, 2.05) is 0 Å². The van der Waals surface area contributed by atoms with E-state index < -0.39 is 17.8 Å². The van der Waals surface area contributed by atoms with Gasteiger partial charge in [0.25, 0.3) is 5.91 Å². The fraction of sp³-hybridized carbons (Fsp3) is 0.259. The molecule has 3 aromatic carbocycles. The average molecular weight is 479 g/mol. The van der Waals surface area contributed by atoms with E-state index in [1.165, 1.54) is 26.4 Å². The number of carbonyl (C=O) groups is 2. The van der Waals surface area contributed by atoms with E-state index in [0.29, 0.717) is 33.9 Å². The Balaban J connectivity index is 1.80. The van der Waals surface area contributed by atoms with Crippen molar-refractivity contribution in [1.29, 1.82) is 0 Å². The highest BCUT2D eigenvalue weighted by Gasteiger charge is 2.44. The molecule has 35 heavy (non-hydrogen) atoms. The Hall–Kier alpha value is -3.91. The van der Waals surface area contributed by atoms with Gasteiger partial charge in [0.2, 0.25) is 5.91 Å². The van der Waals surface area contributed by atoms with Crippen molar-refractivity contribution in [2.75, 3.05) is 39.8 Å². The molecule has 0 fully saturated rings. The second-order valence-corrected chi connectivity index (χ2v) is 8.11. The van der Waals surface area contributed by atoms with Crippen LogP contribution in [0.15, 0.2) is 66.7 Å². The normalized spacial score (nSPS) is 17.0. The molecular weight excluding hydrogens is 451 g/mol. The van der Waals surface area contributed by atoms with E-state index in [1.54, 1.807) is 66.6 Å². The third-order valence-electron chi connectivity index (χ3n) is 6.12. The van der Waals surface area contributed by atoms with E-state index in [2.05, 4.69) is 5.32 Å². The van der Waals surface area contributed by atoms with Crippen LogP contribution in [0.5, 0.6) is 11.5 Å². The van der Waals surface area contributed by atoms with Crippen molar-refractivity contribution in [1.82, 2.24) is 4.90 Å². The summed E-state index contributed by atoms with van der Waals surface area (Å²) in [6.45, 7) is 0.557. The second-order valence-electron chi connectivity index (χ2n) is 8.11. The first-order valence-corrected chi connectivity index (χ1v) is 11.2. The van der Waals surface area contributed by atoms with Crippen LogP contribution in [-0.4, -0.2) is 51.2 Å². The number of anilines is 1. The van der Waals surface area contributed by atoms with Gasteiger partial charge in [-0.1, -0.05) is 30.3 Å². The highest BCUT2D eigenvalue weighted by atomic mass is 19.1. The monoisotopic (exact) mass is 478 g/mol. The molecule has 3 aromatic rings. The topological polar surface area (TPSA) is 77.1 Å². The molecule has 1 aliphatic heterocycles. The molecule has 0 aliphatic carbocycles. The van der Waals surface area contributed by atoms with Crippen LogP contribution in [0.4, 0.5) is 10.1 Å². The highest BCUT2D eigenvalue weighted by Crippen LogP contribution is 2.43. The Kier molecular flexibility index (Phi) is 7.31. The van der Waals surface area contributed by atoms with Crippen molar-refractivity contribution in [3.63, 3.8) is 0 Å². The smallest absolute Gasteiger partial charge is 0.254 e. The van der Waals surface area contributed by atoms with Crippen LogP contribution in [0.2, 0.25) is 0 Å². The molecule has 2 amide bonds. The van der Waals surface area contributed by atoms with E-state index in [9.17, 15) is 14.0 Å². The Morgan fingerprint density at radius 1 is 0.971 bits per heavy atom. The first kappa shape index (κ1) is 24.2. The van der Waals surface area contributed by atoms with Crippen molar-refractivity contribution in [2.45, 2.75) is 12.0 Å². The molecule has 7 nitrogen and oxygen atoms in total. The molecule has 0 saturated heterocycles. The average Bonchev–Trinajstić information content (AvgIpc) is 2.88. The van der Waals surface area contributed by atoms with E-state index >= 15 is 0 Å². The van der Waals surface area contributed by atoms with Crippen LogP contribution >= 0.6 is 0 Å². The van der Waals surface area contributed by atoms with E-state index in [0.717, 1.165) is 0 Å². The number of fused-ring (bicyclic) bond motifs is 1. The van der Waals surface area contributed by atoms with Crippen LogP contribution in [-0.2, 0) is 9.53 Å². The van der Waals surface area contributed by atoms with Crippen molar-refractivity contribution in [3.8, 4) is 11.5 Å². The molecule has 0 saturated carbocycles. The molecule has 0 unspecified atom stereocenters. The van der Waals surface area contributed by atoms with Gasteiger partial charge in [-0.2, -0.15) is 0 Å². The summed E-state index contributed by atoms with van der Waals surface area (Å²) in [5.41, 5.74) is 2.23. The molecule has 2 atom stereocenters. The minimum absolute atomic E-state index is 0.206. The molecule has 1 N–H and O–H groups in total. The van der Waals surface area contributed by atoms with Gasteiger partial charge >= 0.3 is 0 Å². The van der Waals surface area contributed by atoms with Gasteiger partial charge in [0, 0.05) is 31.0 Å². The number of methoxy groups -OCH3 is 3. The maximum Gasteiger partial charge on any atom is 0.254 e. The number of rotatable bonds is 8. The standard InChI is InChI=1S/C27H27FN2O5/c1-33-15-14-30-25(17-8-10-18(28)11-9-17)24(20-6-4-5-7-21(20)27(30)32)26(31)29-19-12-13-22(34-2)23(16-19)35-3/h4-13,16,24-25H,14-15H2,1-3H3,(H,29,31)/t24-,25-/m1/s1. The Morgan fingerprint density at radius 3 is 2.37 bits per heavy atom. The molecule has 0 spiro atoms. The number of ether oxygens (including phenoxy) is 3. The van der Waals surface area contributed by atoms with Gasteiger partial charge in [-0.3, -0.25) is 9.59 Å². The predicted octanol–water partition coefficient (Wildman–Crippen LogP) is 4.41. The predicted molar refractivity (Wildman–Crippen MR) is 129 cm³/mol. The minimum atomic E-state index is -0.751. The van der Waals surface area contributed by atoms with Gasteiger partial charge in [0.15, 0.2) is 11.5 Å².